The zero-order valence-corrected chi connectivity index (χ0v) is 18.6. The second kappa shape index (κ2) is 9.28. The first kappa shape index (κ1) is 21.7. The Morgan fingerprint density at radius 3 is 2.97 bits per heavy atom. The van der Waals surface area contributed by atoms with Crippen LogP contribution in [-0.4, -0.2) is 32.1 Å². The maximum Gasteiger partial charge on any atom is 0.227 e. The zero-order chi connectivity index (χ0) is 22.7. The Labute approximate surface area is 187 Å². The Bertz CT molecular complexity index is 1180. The van der Waals surface area contributed by atoms with Crippen LogP contribution in [0.1, 0.15) is 55.5 Å². The second-order valence-corrected chi connectivity index (χ2v) is 8.33. The lowest BCUT2D eigenvalue weighted by Gasteiger charge is -2.26. The minimum absolute atomic E-state index is 0.0571. The topological polar surface area (TPSA) is 109 Å². The molecular weight excluding hydrogens is 402 g/mol. The van der Waals surface area contributed by atoms with Gasteiger partial charge in [0.1, 0.15) is 0 Å². The fraction of sp³-hybridized carbons (Fsp3) is 0.375. The lowest BCUT2D eigenvalue weighted by atomic mass is 9.90. The van der Waals surface area contributed by atoms with E-state index in [0.717, 1.165) is 46.6 Å². The molecule has 1 aromatic carbocycles. The number of rotatable bonds is 7. The molecule has 8 nitrogen and oxygen atoms in total. The van der Waals surface area contributed by atoms with E-state index in [1.165, 1.54) is 0 Å². The molecule has 2 aromatic heterocycles. The monoisotopic (exact) mass is 429 g/mol. The molecular formula is C24H27N7O. The van der Waals surface area contributed by atoms with E-state index >= 15 is 0 Å². The molecule has 0 saturated heterocycles. The van der Waals surface area contributed by atoms with Crippen LogP contribution in [0, 0.1) is 18.3 Å². The lowest BCUT2D eigenvalue weighted by molar-refractivity contribution is -0.121. The van der Waals surface area contributed by atoms with Crippen molar-refractivity contribution in [2.24, 2.45) is 0 Å². The number of benzene rings is 1. The summed E-state index contributed by atoms with van der Waals surface area (Å²) >= 11 is 0. The van der Waals surface area contributed by atoms with Gasteiger partial charge in [0, 0.05) is 49.1 Å². The molecule has 0 fully saturated rings. The summed E-state index contributed by atoms with van der Waals surface area (Å²) in [7, 11) is 0. The molecule has 3 heterocycles. The van der Waals surface area contributed by atoms with E-state index in [0.29, 0.717) is 5.95 Å². The number of anilines is 2. The Kier molecular flexibility index (Phi) is 6.28. The van der Waals surface area contributed by atoms with Gasteiger partial charge >= 0.3 is 0 Å². The van der Waals surface area contributed by atoms with Crippen LogP contribution in [0.5, 0.6) is 0 Å². The summed E-state index contributed by atoms with van der Waals surface area (Å²) in [4.78, 5) is 21.7. The maximum atomic E-state index is 12.5. The molecule has 0 bridgehead atoms. The number of aromatic nitrogens is 4. The van der Waals surface area contributed by atoms with Crippen LogP contribution in [0.15, 0.2) is 36.8 Å². The number of fused-ring (bicyclic) bond motifs is 1. The van der Waals surface area contributed by atoms with E-state index in [1.807, 2.05) is 48.4 Å². The lowest BCUT2D eigenvalue weighted by Crippen LogP contribution is -2.35. The van der Waals surface area contributed by atoms with Crippen LogP contribution in [0.2, 0.25) is 0 Å². The van der Waals surface area contributed by atoms with Crippen LogP contribution in [0.4, 0.5) is 11.6 Å². The first-order valence-corrected chi connectivity index (χ1v) is 10.9. The number of aryl methyl sites for hydroxylation is 1. The summed E-state index contributed by atoms with van der Waals surface area (Å²) in [5, 5.41) is 19.8. The van der Waals surface area contributed by atoms with Gasteiger partial charge in [0.25, 0.3) is 0 Å². The molecule has 32 heavy (non-hydrogen) atoms. The highest BCUT2D eigenvalue weighted by molar-refractivity contribution is 5.86. The third-order valence-electron chi connectivity index (χ3n) is 5.63. The molecule has 164 valence electrons. The van der Waals surface area contributed by atoms with Gasteiger partial charge < -0.3 is 10.6 Å². The SMILES string of the molecule is Cc1cnc(Nc2ccc3c(c2)CCNC3C(=O)CCC#N)nc1-c1cnn(C(C)C)c1. The number of Topliss-reactive ketones (excluding diaryl/α,β-unsaturated/α-hetero) is 1. The van der Waals surface area contributed by atoms with E-state index in [1.54, 1.807) is 0 Å². The van der Waals surface area contributed by atoms with E-state index < -0.39 is 0 Å². The van der Waals surface area contributed by atoms with E-state index in [9.17, 15) is 4.79 Å². The minimum Gasteiger partial charge on any atom is -0.324 e. The van der Waals surface area contributed by atoms with Crippen molar-refractivity contribution in [1.82, 2.24) is 25.1 Å². The van der Waals surface area contributed by atoms with Crippen LogP contribution in [-0.2, 0) is 11.2 Å². The van der Waals surface area contributed by atoms with Crippen molar-refractivity contribution in [3.63, 3.8) is 0 Å². The van der Waals surface area contributed by atoms with Gasteiger partial charge in [-0.1, -0.05) is 6.07 Å². The van der Waals surface area contributed by atoms with Crippen molar-refractivity contribution in [1.29, 1.82) is 5.26 Å². The third-order valence-corrected chi connectivity index (χ3v) is 5.63. The third kappa shape index (κ3) is 4.53. The van der Waals surface area contributed by atoms with Gasteiger partial charge in [-0.25, -0.2) is 9.97 Å². The summed E-state index contributed by atoms with van der Waals surface area (Å²) in [5.74, 6) is 0.570. The highest BCUT2D eigenvalue weighted by Crippen LogP contribution is 2.29. The molecule has 1 unspecified atom stereocenters. The maximum absolute atomic E-state index is 12.5. The normalized spacial score (nSPS) is 15.3. The van der Waals surface area contributed by atoms with Gasteiger partial charge in [-0.05, 0) is 56.0 Å². The molecule has 1 aliphatic rings. The highest BCUT2D eigenvalue weighted by Gasteiger charge is 2.25. The molecule has 0 radical (unpaired) electrons. The van der Waals surface area contributed by atoms with E-state index in [2.05, 4.69) is 40.6 Å². The fourth-order valence-electron chi connectivity index (χ4n) is 3.92. The number of nitriles is 1. The number of hydrogen-bond donors (Lipinski definition) is 2. The average molecular weight is 430 g/mol. The number of carbonyl (C=O) groups excluding carboxylic acids is 1. The molecule has 8 heteroatoms. The molecule has 2 N–H and O–H groups in total. The number of carbonyl (C=O) groups is 1. The fourth-order valence-corrected chi connectivity index (χ4v) is 3.92. The number of hydrogen-bond acceptors (Lipinski definition) is 7. The Morgan fingerprint density at radius 2 is 2.22 bits per heavy atom. The summed E-state index contributed by atoms with van der Waals surface area (Å²) in [5.41, 5.74) is 5.76. The van der Waals surface area contributed by atoms with Gasteiger partial charge in [-0.15, -0.1) is 0 Å². The van der Waals surface area contributed by atoms with E-state index in [-0.39, 0.29) is 30.7 Å². The largest absolute Gasteiger partial charge is 0.324 e. The van der Waals surface area contributed by atoms with Crippen molar-refractivity contribution in [3.05, 3.63) is 53.5 Å². The van der Waals surface area contributed by atoms with Gasteiger partial charge in [-0.3, -0.25) is 9.48 Å². The van der Waals surface area contributed by atoms with Crippen molar-refractivity contribution in [2.45, 2.75) is 52.1 Å². The predicted molar refractivity (Wildman–Crippen MR) is 122 cm³/mol. The summed E-state index contributed by atoms with van der Waals surface area (Å²) in [6.07, 6.45) is 6.98. The summed E-state index contributed by atoms with van der Waals surface area (Å²) in [6, 6.07) is 7.95. The molecule has 3 aromatic rings. The molecule has 0 amide bonds. The predicted octanol–water partition coefficient (Wildman–Crippen LogP) is 4.03. The Balaban J connectivity index is 1.56. The highest BCUT2D eigenvalue weighted by atomic mass is 16.1. The second-order valence-electron chi connectivity index (χ2n) is 8.33. The van der Waals surface area contributed by atoms with Crippen LogP contribution < -0.4 is 10.6 Å². The Morgan fingerprint density at radius 1 is 1.38 bits per heavy atom. The van der Waals surface area contributed by atoms with Crippen molar-refractivity contribution in [2.75, 3.05) is 11.9 Å². The molecule has 0 spiro atoms. The van der Waals surface area contributed by atoms with Crippen LogP contribution in [0.25, 0.3) is 11.3 Å². The summed E-state index contributed by atoms with van der Waals surface area (Å²) in [6.45, 7) is 6.89. The molecule has 1 atom stereocenters. The zero-order valence-electron chi connectivity index (χ0n) is 18.6. The van der Waals surface area contributed by atoms with Crippen molar-refractivity contribution < 1.29 is 4.79 Å². The number of ketones is 1. The van der Waals surface area contributed by atoms with Gasteiger partial charge in [0.2, 0.25) is 5.95 Å². The van der Waals surface area contributed by atoms with Crippen molar-refractivity contribution in [3.8, 4) is 17.3 Å². The van der Waals surface area contributed by atoms with Gasteiger partial charge in [0.15, 0.2) is 5.78 Å². The van der Waals surface area contributed by atoms with Gasteiger partial charge in [0.05, 0.1) is 24.0 Å². The van der Waals surface area contributed by atoms with Crippen LogP contribution >= 0.6 is 0 Å². The standard InChI is InChI=1S/C24H27N7O/c1-15(2)31-14-18(13-28-31)22-16(3)12-27-24(30-22)29-19-6-7-20-17(11-19)8-10-26-23(20)21(32)5-4-9-25/h6-7,11-15,23,26H,4-5,8,10H2,1-3H3,(H,27,29,30). The quantitative estimate of drug-likeness (QED) is 0.583. The molecule has 0 aliphatic carbocycles. The van der Waals surface area contributed by atoms with Crippen LogP contribution in [0.3, 0.4) is 0 Å². The summed E-state index contributed by atoms with van der Waals surface area (Å²) < 4.78 is 1.91. The number of nitrogens with zero attached hydrogens (tertiary/aromatic N) is 5. The van der Waals surface area contributed by atoms with E-state index in [4.69, 9.17) is 10.2 Å². The molecule has 0 saturated carbocycles. The first-order chi connectivity index (χ1) is 15.5. The smallest absolute Gasteiger partial charge is 0.227 e. The van der Waals surface area contributed by atoms with Gasteiger partial charge in [-0.2, -0.15) is 10.4 Å². The molecule has 4 rings (SSSR count). The first-order valence-electron chi connectivity index (χ1n) is 10.9. The number of nitrogens with one attached hydrogen (secondary N) is 2. The Hall–Kier alpha value is -3.57. The average Bonchev–Trinajstić information content (AvgIpc) is 3.28. The minimum atomic E-state index is -0.346. The molecule has 1 aliphatic heterocycles. The van der Waals surface area contributed by atoms with Crippen molar-refractivity contribution >= 4 is 17.4 Å².